The molecule has 6 nitrogen and oxygen atoms in total. The minimum absolute atomic E-state index is 0.0350. The summed E-state index contributed by atoms with van der Waals surface area (Å²) in [7, 11) is 0. The number of carbonyl (C=O) groups excluding carboxylic acids is 1. The first-order valence-electron chi connectivity index (χ1n) is 11.2. The van der Waals surface area contributed by atoms with Gasteiger partial charge in [0, 0.05) is 26.1 Å². The Morgan fingerprint density at radius 3 is 2.42 bits per heavy atom. The van der Waals surface area contributed by atoms with Gasteiger partial charge in [-0.2, -0.15) is 4.98 Å². The van der Waals surface area contributed by atoms with Crippen molar-refractivity contribution in [3.8, 4) is 11.6 Å². The van der Waals surface area contributed by atoms with E-state index in [2.05, 4.69) is 4.90 Å². The Morgan fingerprint density at radius 2 is 1.67 bits per heavy atom. The molecule has 0 aliphatic carbocycles. The molecule has 3 aromatic rings. The number of fused-ring (bicyclic) bond motifs is 1. The van der Waals surface area contributed by atoms with Gasteiger partial charge < -0.3 is 14.5 Å². The molecule has 2 aliphatic rings. The molecule has 5 rings (SSSR count). The third-order valence-corrected chi connectivity index (χ3v) is 6.07. The van der Waals surface area contributed by atoms with Crippen LogP contribution in [-0.2, 0) is 13.0 Å². The molecule has 1 saturated heterocycles. The topological polar surface area (TPSA) is 58.6 Å². The Bertz CT molecular complexity index is 1160. The number of piperidine rings is 1. The van der Waals surface area contributed by atoms with Crippen LogP contribution in [0.5, 0.6) is 11.6 Å². The first-order chi connectivity index (χ1) is 16.1. The lowest BCUT2D eigenvalue weighted by Gasteiger charge is -2.32. The van der Waals surface area contributed by atoms with Crippen LogP contribution in [0.15, 0.2) is 48.5 Å². The summed E-state index contributed by atoms with van der Waals surface area (Å²) < 4.78 is 33.7. The molecule has 170 valence electrons. The first kappa shape index (κ1) is 21.3. The molecule has 0 radical (unpaired) electrons. The molecule has 3 heterocycles. The van der Waals surface area contributed by atoms with E-state index in [1.54, 1.807) is 17.0 Å². The zero-order valence-corrected chi connectivity index (χ0v) is 18.1. The summed E-state index contributed by atoms with van der Waals surface area (Å²) in [5.41, 5.74) is 1.55. The fraction of sp³-hybridized carbons (Fsp3) is 0.320. The van der Waals surface area contributed by atoms with Crippen molar-refractivity contribution < 1.29 is 18.3 Å². The Balaban J connectivity index is 1.49. The average Bonchev–Trinajstić information content (AvgIpc) is 2.85. The second-order valence-corrected chi connectivity index (χ2v) is 8.31. The second kappa shape index (κ2) is 9.13. The van der Waals surface area contributed by atoms with Gasteiger partial charge in [-0.25, -0.2) is 13.8 Å². The highest BCUT2D eigenvalue weighted by molar-refractivity contribution is 5.94. The van der Waals surface area contributed by atoms with Gasteiger partial charge >= 0.3 is 0 Å². The van der Waals surface area contributed by atoms with Gasteiger partial charge in [-0.15, -0.1) is 0 Å². The van der Waals surface area contributed by atoms with Crippen LogP contribution in [0, 0.1) is 11.6 Å². The monoisotopic (exact) mass is 450 g/mol. The molecule has 2 aliphatic heterocycles. The maximum Gasteiger partial charge on any atom is 0.257 e. The Labute approximate surface area is 190 Å². The van der Waals surface area contributed by atoms with Gasteiger partial charge in [0.1, 0.15) is 17.4 Å². The highest BCUT2D eigenvalue weighted by Crippen LogP contribution is 2.32. The van der Waals surface area contributed by atoms with E-state index in [0.717, 1.165) is 31.6 Å². The minimum Gasteiger partial charge on any atom is -0.438 e. The maximum atomic E-state index is 14.2. The number of benzene rings is 2. The number of anilines is 1. The molecule has 0 saturated carbocycles. The summed E-state index contributed by atoms with van der Waals surface area (Å²) in [6.07, 6.45) is 3.87. The van der Waals surface area contributed by atoms with Gasteiger partial charge in [-0.05, 0) is 55.7 Å². The van der Waals surface area contributed by atoms with Crippen molar-refractivity contribution in [3.63, 3.8) is 0 Å². The smallest absolute Gasteiger partial charge is 0.257 e. The van der Waals surface area contributed by atoms with E-state index >= 15 is 0 Å². The lowest BCUT2D eigenvalue weighted by atomic mass is 10.0. The molecule has 0 unspecified atom stereocenters. The summed E-state index contributed by atoms with van der Waals surface area (Å²) >= 11 is 0. The number of amides is 1. The first-order valence-corrected chi connectivity index (χ1v) is 11.2. The molecule has 0 atom stereocenters. The molecular weight excluding hydrogens is 426 g/mol. The van der Waals surface area contributed by atoms with Gasteiger partial charge in [0.05, 0.1) is 23.4 Å². The zero-order valence-electron chi connectivity index (χ0n) is 18.1. The number of aromatic nitrogens is 2. The number of rotatable bonds is 4. The number of carbonyl (C=O) groups is 1. The number of hydrogen-bond acceptors (Lipinski definition) is 5. The van der Waals surface area contributed by atoms with Gasteiger partial charge in [0.25, 0.3) is 5.91 Å². The van der Waals surface area contributed by atoms with Crippen LogP contribution in [0.2, 0.25) is 0 Å². The predicted octanol–water partition coefficient (Wildman–Crippen LogP) is 4.74. The zero-order chi connectivity index (χ0) is 22.8. The van der Waals surface area contributed by atoms with Gasteiger partial charge in [-0.1, -0.05) is 12.1 Å². The van der Waals surface area contributed by atoms with Gasteiger partial charge in [0.2, 0.25) is 11.8 Å². The van der Waals surface area contributed by atoms with Crippen LogP contribution < -0.4 is 9.64 Å². The normalized spacial score (nSPS) is 15.8. The second-order valence-electron chi connectivity index (χ2n) is 8.31. The number of hydrogen-bond donors (Lipinski definition) is 0. The van der Waals surface area contributed by atoms with Crippen molar-refractivity contribution in [1.82, 2.24) is 14.9 Å². The molecule has 2 aromatic carbocycles. The predicted molar refractivity (Wildman–Crippen MR) is 119 cm³/mol. The van der Waals surface area contributed by atoms with Crippen molar-refractivity contribution in [2.45, 2.75) is 32.2 Å². The number of halogens is 2. The van der Waals surface area contributed by atoms with E-state index in [4.69, 9.17) is 14.7 Å². The lowest BCUT2D eigenvalue weighted by Crippen LogP contribution is -2.38. The van der Waals surface area contributed by atoms with Crippen molar-refractivity contribution in [3.05, 3.63) is 77.0 Å². The highest BCUT2D eigenvalue weighted by atomic mass is 19.1. The van der Waals surface area contributed by atoms with E-state index in [-0.39, 0.29) is 23.8 Å². The molecule has 8 heteroatoms. The maximum absolute atomic E-state index is 14.2. The number of nitrogens with zero attached hydrogens (tertiary/aromatic N) is 4. The van der Waals surface area contributed by atoms with Crippen LogP contribution in [0.4, 0.5) is 14.7 Å². The van der Waals surface area contributed by atoms with Crippen molar-refractivity contribution in [2.24, 2.45) is 0 Å². The van der Waals surface area contributed by atoms with Crippen LogP contribution >= 0.6 is 0 Å². The minimum atomic E-state index is -0.548. The summed E-state index contributed by atoms with van der Waals surface area (Å²) in [5, 5.41) is 0. The van der Waals surface area contributed by atoms with Crippen LogP contribution in [0.25, 0.3) is 0 Å². The Morgan fingerprint density at radius 1 is 0.909 bits per heavy atom. The average molecular weight is 450 g/mol. The molecule has 1 aromatic heterocycles. The summed E-state index contributed by atoms with van der Waals surface area (Å²) in [6, 6.07) is 11.7. The van der Waals surface area contributed by atoms with Crippen molar-refractivity contribution in [2.75, 3.05) is 24.5 Å². The highest BCUT2D eigenvalue weighted by Gasteiger charge is 2.29. The number of ether oxygens (including phenoxy) is 1. The fourth-order valence-electron chi connectivity index (χ4n) is 4.28. The lowest BCUT2D eigenvalue weighted by molar-refractivity contribution is 0.0727. The van der Waals surface area contributed by atoms with Crippen LogP contribution in [0.1, 0.15) is 40.9 Å². The molecule has 0 N–H and O–H groups in total. The van der Waals surface area contributed by atoms with Crippen LogP contribution in [0.3, 0.4) is 0 Å². The third-order valence-electron chi connectivity index (χ3n) is 6.07. The summed E-state index contributed by atoms with van der Waals surface area (Å²) in [4.78, 5) is 26.2. The fourth-order valence-corrected chi connectivity index (χ4v) is 4.28. The van der Waals surface area contributed by atoms with Crippen molar-refractivity contribution in [1.29, 1.82) is 0 Å². The Kier molecular flexibility index (Phi) is 5.90. The largest absolute Gasteiger partial charge is 0.438 e. The Hall–Kier alpha value is -3.55. The quantitative estimate of drug-likeness (QED) is 0.575. The van der Waals surface area contributed by atoms with E-state index in [9.17, 15) is 13.6 Å². The SMILES string of the molecule is O=C(c1ccccc1F)N1CCc2nc(N3CCCCC3)nc(Oc3ccc(F)cc3)c2C1. The molecular formula is C25H24F2N4O2. The third kappa shape index (κ3) is 4.51. The standard InChI is InChI=1S/C25H24F2N4O2/c26-17-8-10-18(11-9-17)33-23-20-16-31(24(32)19-6-2-3-7-21(19)27)15-12-22(20)28-25(29-23)30-13-4-1-5-14-30/h2-3,6-11H,1,4-5,12-16H2. The van der Waals surface area contributed by atoms with Gasteiger partial charge in [0.15, 0.2) is 0 Å². The molecule has 1 amide bonds. The molecule has 0 bridgehead atoms. The van der Waals surface area contributed by atoms with Crippen LogP contribution in [-0.4, -0.2) is 40.4 Å². The molecule has 0 spiro atoms. The summed E-state index contributed by atoms with van der Waals surface area (Å²) in [5.74, 6) is 0.110. The van der Waals surface area contributed by atoms with E-state index < -0.39 is 5.82 Å². The summed E-state index contributed by atoms with van der Waals surface area (Å²) in [6.45, 7) is 2.39. The molecule has 33 heavy (non-hydrogen) atoms. The van der Waals surface area contributed by atoms with E-state index in [0.29, 0.717) is 36.1 Å². The van der Waals surface area contributed by atoms with Crippen molar-refractivity contribution >= 4 is 11.9 Å². The van der Waals surface area contributed by atoms with Gasteiger partial charge in [-0.3, -0.25) is 4.79 Å². The van der Waals surface area contributed by atoms with E-state index in [1.165, 1.54) is 42.8 Å². The molecule has 1 fully saturated rings. The van der Waals surface area contributed by atoms with E-state index in [1.807, 2.05) is 0 Å².